The SMILES string of the molecule is Cc1sc2c(c1C)C(c1ccc(C3CCN(CC4(O)CCN(c5ccc([C@H]6c7ccc(O)cc7CC[C@H]6c6ccccc6)cc5)CC4)CC3)cc1)=N[C@@H](C)c1nnc(C)n1-2. The number of rotatable bonds is 7. The molecule has 10 rings (SSSR count). The first kappa shape index (κ1) is 39.1. The summed E-state index contributed by atoms with van der Waals surface area (Å²) in [4.78, 5) is 11.5. The molecular formula is C51H56N6O2S. The zero-order valence-electron chi connectivity index (χ0n) is 35.3. The van der Waals surface area contributed by atoms with Crippen molar-refractivity contribution >= 4 is 22.7 Å². The maximum atomic E-state index is 11.9. The van der Waals surface area contributed by atoms with Crippen LogP contribution in [0.3, 0.4) is 0 Å². The van der Waals surface area contributed by atoms with Crippen LogP contribution in [0.1, 0.15) is 124 Å². The van der Waals surface area contributed by atoms with E-state index in [1.807, 2.05) is 19.1 Å². The number of aromatic hydroxyl groups is 1. The highest BCUT2D eigenvalue weighted by Crippen LogP contribution is 2.47. The Morgan fingerprint density at radius 2 is 1.50 bits per heavy atom. The first-order valence-electron chi connectivity index (χ1n) is 22.0. The maximum Gasteiger partial charge on any atom is 0.162 e. The van der Waals surface area contributed by atoms with Crippen LogP contribution in [0.25, 0.3) is 5.00 Å². The van der Waals surface area contributed by atoms with Crippen LogP contribution in [-0.4, -0.2) is 73.9 Å². The zero-order chi connectivity index (χ0) is 41.1. The third-order valence-electron chi connectivity index (χ3n) is 14.2. The second-order valence-corrected chi connectivity index (χ2v) is 19.2. The van der Waals surface area contributed by atoms with Gasteiger partial charge in [-0.2, -0.15) is 0 Å². The van der Waals surface area contributed by atoms with E-state index in [4.69, 9.17) is 4.99 Å². The Labute approximate surface area is 358 Å². The molecule has 2 aromatic heterocycles. The summed E-state index contributed by atoms with van der Waals surface area (Å²) in [6.45, 7) is 13.0. The van der Waals surface area contributed by atoms with Crippen LogP contribution >= 0.6 is 11.3 Å². The Morgan fingerprint density at radius 3 is 2.23 bits per heavy atom. The Hall–Kier alpha value is -5.09. The number of hydrogen-bond acceptors (Lipinski definition) is 8. The molecule has 0 amide bonds. The van der Waals surface area contributed by atoms with Crippen molar-refractivity contribution in [2.24, 2.45) is 4.99 Å². The van der Waals surface area contributed by atoms with Crippen LogP contribution < -0.4 is 4.90 Å². The van der Waals surface area contributed by atoms with Crippen molar-refractivity contribution < 1.29 is 10.2 Å². The summed E-state index contributed by atoms with van der Waals surface area (Å²) in [5, 5.41) is 32.2. The summed E-state index contributed by atoms with van der Waals surface area (Å²) < 4.78 is 2.20. The molecule has 3 atom stereocenters. The molecule has 1 aliphatic carbocycles. The van der Waals surface area contributed by atoms with Gasteiger partial charge in [-0.1, -0.05) is 72.8 Å². The highest BCUT2D eigenvalue weighted by Gasteiger charge is 2.37. The number of anilines is 1. The molecule has 0 saturated carbocycles. The molecule has 3 aliphatic heterocycles. The minimum absolute atomic E-state index is 0.0877. The van der Waals surface area contributed by atoms with Gasteiger partial charge in [-0.25, -0.2) is 0 Å². The number of hydrogen-bond donors (Lipinski definition) is 2. The molecule has 9 heteroatoms. The van der Waals surface area contributed by atoms with E-state index in [9.17, 15) is 10.2 Å². The number of likely N-dealkylation sites (tertiary alicyclic amines) is 1. The number of β-amino-alcohol motifs (C(OH)–C–C–N with tert-alkyl or cyclic N) is 1. The van der Waals surface area contributed by atoms with Crippen molar-refractivity contribution in [2.45, 2.75) is 95.6 Å². The zero-order valence-corrected chi connectivity index (χ0v) is 36.1. The molecule has 6 aromatic rings. The summed E-state index contributed by atoms with van der Waals surface area (Å²) >= 11 is 1.80. The molecule has 60 heavy (non-hydrogen) atoms. The molecule has 8 nitrogen and oxygen atoms in total. The fourth-order valence-corrected chi connectivity index (χ4v) is 12.0. The number of fused-ring (bicyclic) bond motifs is 4. The minimum atomic E-state index is -0.663. The lowest BCUT2D eigenvalue weighted by atomic mass is 9.69. The first-order valence-corrected chi connectivity index (χ1v) is 22.8. The molecule has 2 N–H and O–H groups in total. The lowest BCUT2D eigenvalue weighted by Gasteiger charge is -2.43. The third kappa shape index (κ3) is 7.18. The van der Waals surface area contributed by atoms with Crippen molar-refractivity contribution in [1.82, 2.24) is 19.7 Å². The van der Waals surface area contributed by atoms with Crippen LogP contribution in [0, 0.1) is 20.8 Å². The predicted molar refractivity (Wildman–Crippen MR) is 243 cm³/mol. The van der Waals surface area contributed by atoms with Gasteiger partial charge in [-0.3, -0.25) is 9.56 Å². The second-order valence-electron chi connectivity index (χ2n) is 17.9. The molecule has 308 valence electrons. The third-order valence-corrected chi connectivity index (χ3v) is 15.4. The summed E-state index contributed by atoms with van der Waals surface area (Å²) in [6.07, 6.45) is 5.78. The smallest absolute Gasteiger partial charge is 0.162 e. The molecule has 0 bridgehead atoms. The van der Waals surface area contributed by atoms with E-state index >= 15 is 0 Å². The fourth-order valence-electron chi connectivity index (χ4n) is 10.7. The van der Waals surface area contributed by atoms with Crippen LogP contribution in [0.4, 0.5) is 5.69 Å². The molecule has 0 radical (unpaired) electrons. The molecule has 4 aliphatic rings. The number of aliphatic imine (C=N–C) groups is 1. The van der Waals surface area contributed by atoms with Gasteiger partial charge in [0.25, 0.3) is 0 Å². The molecule has 5 heterocycles. The number of aryl methyl sites for hydroxylation is 3. The quantitative estimate of drug-likeness (QED) is 0.167. The topological polar surface area (TPSA) is 90.0 Å². The number of aliphatic hydroxyl groups is 1. The van der Waals surface area contributed by atoms with E-state index in [0.717, 1.165) is 94.2 Å². The fraction of sp³-hybridized carbons (Fsp3) is 0.392. The maximum absolute atomic E-state index is 11.9. The van der Waals surface area contributed by atoms with Gasteiger partial charge < -0.3 is 20.0 Å². The van der Waals surface area contributed by atoms with Crippen molar-refractivity contribution in [1.29, 1.82) is 0 Å². The van der Waals surface area contributed by atoms with Gasteiger partial charge in [0.05, 0.1) is 11.3 Å². The van der Waals surface area contributed by atoms with Gasteiger partial charge in [0, 0.05) is 47.2 Å². The van der Waals surface area contributed by atoms with E-state index in [1.165, 1.54) is 54.5 Å². The van der Waals surface area contributed by atoms with Gasteiger partial charge in [-0.15, -0.1) is 21.5 Å². The van der Waals surface area contributed by atoms with Crippen LogP contribution in [0.2, 0.25) is 0 Å². The summed E-state index contributed by atoms with van der Waals surface area (Å²) in [7, 11) is 0. The molecule has 2 fully saturated rings. The average molecular weight is 817 g/mol. The Balaban J connectivity index is 0.760. The van der Waals surface area contributed by atoms with Gasteiger partial charge in [0.15, 0.2) is 5.82 Å². The van der Waals surface area contributed by atoms with E-state index in [0.29, 0.717) is 17.6 Å². The summed E-state index contributed by atoms with van der Waals surface area (Å²) in [5.74, 6) is 3.29. The summed E-state index contributed by atoms with van der Waals surface area (Å²) in [5.41, 5.74) is 11.9. The standard InChI is InChI=1S/C51H56N6O2S/c1-32-34(3)60-50-46(32)48(52-33(2)49-54-53-35(4)57(49)50)40-12-10-36(11-13-40)37-22-26-55(27-23-37)31-51(59)24-28-56(29-25-51)42-17-14-39(15-18-42)47-44(38-8-6-5-7-9-38)20-16-41-30-43(58)19-21-45(41)47/h5-15,17-19,21,30,33,37,44,47,58-59H,16,20,22-29,31H2,1-4H3/t33-,44-,47+/m0/s1. The lowest BCUT2D eigenvalue weighted by Crippen LogP contribution is -2.52. The van der Waals surface area contributed by atoms with Crippen LogP contribution in [0.5, 0.6) is 5.75 Å². The molecule has 2 saturated heterocycles. The molecule has 0 unspecified atom stereocenters. The Morgan fingerprint density at radius 1 is 0.783 bits per heavy atom. The second kappa shape index (κ2) is 15.7. The van der Waals surface area contributed by atoms with Crippen molar-refractivity contribution in [3.8, 4) is 10.8 Å². The number of thiophene rings is 1. The van der Waals surface area contributed by atoms with Gasteiger partial charge in [-0.05, 0) is 149 Å². The number of nitrogens with zero attached hydrogens (tertiary/aromatic N) is 6. The highest BCUT2D eigenvalue weighted by molar-refractivity contribution is 7.15. The van der Waals surface area contributed by atoms with Crippen molar-refractivity contribution in [2.75, 3.05) is 37.6 Å². The van der Waals surface area contributed by atoms with Crippen LogP contribution in [0.15, 0.2) is 102 Å². The van der Waals surface area contributed by atoms with E-state index in [2.05, 4.69) is 130 Å². The highest BCUT2D eigenvalue weighted by atomic mass is 32.1. The normalized spacial score (nSPS) is 21.8. The number of aromatic nitrogens is 3. The van der Waals surface area contributed by atoms with Crippen molar-refractivity contribution in [3.63, 3.8) is 0 Å². The van der Waals surface area contributed by atoms with Gasteiger partial charge in [0.2, 0.25) is 0 Å². The van der Waals surface area contributed by atoms with Crippen molar-refractivity contribution in [3.05, 3.63) is 158 Å². The summed E-state index contributed by atoms with van der Waals surface area (Å²) in [6, 6.07) is 35.2. The average Bonchev–Trinajstić information content (AvgIpc) is 3.76. The monoisotopic (exact) mass is 816 g/mol. The van der Waals surface area contributed by atoms with E-state index < -0.39 is 5.60 Å². The van der Waals surface area contributed by atoms with Gasteiger partial charge in [0.1, 0.15) is 22.6 Å². The Kier molecular flexibility index (Phi) is 10.3. The number of piperidine rings is 2. The first-order chi connectivity index (χ1) is 29.1. The van der Waals surface area contributed by atoms with E-state index in [-0.39, 0.29) is 12.0 Å². The van der Waals surface area contributed by atoms with Gasteiger partial charge >= 0.3 is 0 Å². The largest absolute Gasteiger partial charge is 0.508 e. The number of phenolic OH excluding ortho intramolecular Hbond substituents is 1. The lowest BCUT2D eigenvalue weighted by molar-refractivity contribution is -0.0213. The number of benzene rings is 4. The molecule has 4 aromatic carbocycles. The van der Waals surface area contributed by atoms with Crippen LogP contribution in [-0.2, 0) is 6.42 Å². The predicted octanol–water partition coefficient (Wildman–Crippen LogP) is 9.94. The molecule has 0 spiro atoms. The van der Waals surface area contributed by atoms with E-state index in [1.54, 1.807) is 11.3 Å². The molecular weight excluding hydrogens is 761 g/mol. The number of phenols is 1. The minimum Gasteiger partial charge on any atom is -0.508 e. The Bertz CT molecular complexity index is 2530.